The molecule has 2 aliphatic rings. The van der Waals surface area contributed by atoms with Gasteiger partial charge >= 0.3 is 270 Å². The zero-order valence-electron chi connectivity index (χ0n) is 25.3. The average Bonchev–Trinajstić information content (AvgIpc) is 3.60. The topological polar surface area (TPSA) is 9.23 Å². The van der Waals surface area contributed by atoms with Crippen LogP contribution in [0, 0.1) is 0 Å². The normalized spacial score (nSPS) is 14.2. The number of rotatable bonds is 11. The maximum absolute atomic E-state index is 7.06. The van der Waals surface area contributed by atoms with Crippen LogP contribution in [0.2, 0.25) is 18.1 Å². The predicted octanol–water partition coefficient (Wildman–Crippen LogP) is 11.2. The molecule has 5 heteroatoms. The van der Waals surface area contributed by atoms with Crippen molar-refractivity contribution in [3.05, 3.63) is 118 Å². The molecule has 0 amide bonds. The number of fused-ring (bicyclic) bond motifs is 6. The molecule has 6 rings (SSSR count). The van der Waals surface area contributed by atoms with Crippen molar-refractivity contribution in [3.63, 3.8) is 0 Å². The Bertz CT molecular complexity index is 1490. The van der Waals surface area contributed by atoms with Crippen LogP contribution in [0.3, 0.4) is 0 Å². The molecule has 0 spiro atoms. The molecule has 0 aromatic heterocycles. The van der Waals surface area contributed by atoms with Gasteiger partial charge in [0.2, 0.25) is 0 Å². The van der Waals surface area contributed by atoms with E-state index in [1.807, 2.05) is 0 Å². The molecule has 0 saturated carbocycles. The standard InChI is InChI=1S/C37H41OSi.2ClH.Zr/c1-5-39(6-2,7-3)38-24-14-23-37(4,35-21-12-19-31-29-17-10-8-15-27(29)25-33(31)35)36-22-13-20-32-30-18-11-9-16-28(30)26-34(32)36;;;/h8-13,15-22,24H,5-7,14,23,25-26H2,1-4H3;2*1H;/q;;;+2/p-2. The Balaban J connectivity index is 1.46. The minimum atomic E-state index is -2.71. The molecule has 0 heterocycles. The van der Waals surface area contributed by atoms with Crippen LogP contribution in [0.1, 0.15) is 73.9 Å². The first-order chi connectivity index (χ1) is 20.3. The van der Waals surface area contributed by atoms with Crippen LogP contribution in [0.4, 0.5) is 0 Å². The van der Waals surface area contributed by atoms with Gasteiger partial charge in [-0.3, -0.25) is 0 Å². The van der Waals surface area contributed by atoms with Crippen molar-refractivity contribution in [2.75, 3.05) is 0 Å². The van der Waals surface area contributed by atoms with E-state index in [-0.39, 0.29) is 9.23 Å². The first kappa shape index (κ1) is 30.5. The molecule has 4 aromatic rings. The van der Waals surface area contributed by atoms with Gasteiger partial charge in [0, 0.05) is 0 Å². The molecule has 4 aromatic carbocycles. The van der Waals surface area contributed by atoms with Gasteiger partial charge in [0.1, 0.15) is 0 Å². The summed E-state index contributed by atoms with van der Waals surface area (Å²) in [6.45, 7) is 9.36. The summed E-state index contributed by atoms with van der Waals surface area (Å²) in [4.78, 5) is 0. The van der Waals surface area contributed by atoms with E-state index in [1.54, 1.807) is 0 Å². The fourth-order valence-electron chi connectivity index (χ4n) is 7.70. The van der Waals surface area contributed by atoms with Crippen molar-refractivity contribution < 1.29 is 23.8 Å². The third-order valence-electron chi connectivity index (χ3n) is 10.4. The fraction of sp³-hybridized carbons (Fsp3) is 0.351. The zero-order valence-corrected chi connectivity index (χ0v) is 30.2. The molecule has 0 bridgehead atoms. The maximum atomic E-state index is 7.06. The molecule has 0 radical (unpaired) electrons. The average molecular weight is 692 g/mol. The van der Waals surface area contributed by atoms with E-state index in [4.69, 9.17) is 21.5 Å². The van der Waals surface area contributed by atoms with Crippen molar-refractivity contribution in [2.45, 2.75) is 80.7 Å². The molecule has 0 aliphatic heterocycles. The second-order valence-electron chi connectivity index (χ2n) is 12.3. The van der Waals surface area contributed by atoms with E-state index in [2.05, 4.69) is 113 Å². The number of benzene rings is 4. The van der Waals surface area contributed by atoms with Gasteiger partial charge < -0.3 is 0 Å². The van der Waals surface area contributed by atoms with Crippen molar-refractivity contribution in [1.82, 2.24) is 0 Å². The van der Waals surface area contributed by atoms with Gasteiger partial charge in [-0.25, -0.2) is 0 Å². The number of hydrogen-bond donors (Lipinski definition) is 0. The Hall–Kier alpha value is -1.48. The minimum absolute atomic E-state index is 0.0180. The molecule has 1 atom stereocenters. The van der Waals surface area contributed by atoms with Crippen LogP contribution in [0.15, 0.2) is 84.9 Å². The Morgan fingerprint density at radius 3 is 1.60 bits per heavy atom. The molecule has 0 saturated heterocycles. The monoisotopic (exact) mass is 689 g/mol. The molecule has 42 heavy (non-hydrogen) atoms. The molecule has 2 aliphatic carbocycles. The third-order valence-corrected chi connectivity index (χ3v) is 20.7. The summed E-state index contributed by atoms with van der Waals surface area (Å²) in [7, 11) is 12.0. The molecule has 0 fully saturated rings. The fourth-order valence-corrected chi connectivity index (χ4v) is 16.8. The van der Waals surface area contributed by atoms with Crippen LogP contribution in [0.25, 0.3) is 22.3 Å². The summed E-state index contributed by atoms with van der Waals surface area (Å²) in [6, 6.07) is 35.2. The van der Waals surface area contributed by atoms with Gasteiger partial charge in [0.15, 0.2) is 0 Å². The van der Waals surface area contributed by atoms with Gasteiger partial charge in [-0.2, -0.15) is 0 Å². The summed E-state index contributed by atoms with van der Waals surface area (Å²) in [6.07, 6.45) is 3.83. The zero-order chi connectivity index (χ0) is 29.5. The molecule has 0 N–H and O–H groups in total. The van der Waals surface area contributed by atoms with Crippen LogP contribution in [-0.4, -0.2) is 12.1 Å². The van der Waals surface area contributed by atoms with E-state index in [0.717, 1.165) is 43.8 Å². The molecule has 1 unspecified atom stereocenters. The Labute approximate surface area is 268 Å². The van der Waals surface area contributed by atoms with Crippen LogP contribution in [-0.2, 0) is 42.0 Å². The molecular weight excluding hydrogens is 651 g/mol. The van der Waals surface area contributed by atoms with Gasteiger partial charge in [-0.1, -0.05) is 0 Å². The van der Waals surface area contributed by atoms with Crippen molar-refractivity contribution in [1.29, 1.82) is 0 Å². The van der Waals surface area contributed by atoms with Crippen LogP contribution < -0.4 is 0 Å². The number of halogens is 2. The van der Waals surface area contributed by atoms with E-state index < -0.39 is 27.7 Å². The van der Waals surface area contributed by atoms with Crippen LogP contribution >= 0.6 is 17.0 Å². The van der Waals surface area contributed by atoms with Gasteiger partial charge in [0.05, 0.1) is 0 Å². The van der Waals surface area contributed by atoms with Crippen molar-refractivity contribution in [3.8, 4) is 22.3 Å². The summed E-state index contributed by atoms with van der Waals surface area (Å²) in [5.41, 5.74) is 14.0. The summed E-state index contributed by atoms with van der Waals surface area (Å²) in [5, 5.41) is 0. The second-order valence-corrected chi connectivity index (χ2v) is 26.0. The number of hydrogen-bond acceptors (Lipinski definition) is 1. The Morgan fingerprint density at radius 1 is 0.690 bits per heavy atom. The van der Waals surface area contributed by atoms with Crippen molar-refractivity contribution >= 4 is 25.3 Å². The SMILES string of the molecule is CC[Si](CC)(CC)O[CH](CCC(C)(c1cccc2c1Cc1ccccc1-2)c1cccc2c1Cc1ccccc1-2)[Zr]([Cl])[Cl]. The molecular formula is C37H41Cl2OSiZr. The first-order valence-corrected chi connectivity index (χ1v) is 25.9. The second kappa shape index (κ2) is 12.5. The van der Waals surface area contributed by atoms with E-state index in [9.17, 15) is 0 Å². The van der Waals surface area contributed by atoms with E-state index >= 15 is 0 Å². The quantitative estimate of drug-likeness (QED) is 0.123. The summed E-state index contributed by atoms with van der Waals surface area (Å²) in [5.74, 6) is 0. The Kier molecular flexibility index (Phi) is 9.08. The van der Waals surface area contributed by atoms with E-state index in [0.29, 0.717) is 0 Å². The van der Waals surface area contributed by atoms with Gasteiger partial charge in [-0.05, 0) is 0 Å². The molecule has 1 nitrogen and oxygen atoms in total. The van der Waals surface area contributed by atoms with Crippen LogP contribution in [0.5, 0.6) is 0 Å². The predicted molar refractivity (Wildman–Crippen MR) is 179 cm³/mol. The summed E-state index contributed by atoms with van der Waals surface area (Å²) >= 11 is -2.71. The Morgan fingerprint density at radius 2 is 1.14 bits per heavy atom. The summed E-state index contributed by atoms with van der Waals surface area (Å²) < 4.78 is 7.08. The van der Waals surface area contributed by atoms with E-state index in [1.165, 1.54) is 55.6 Å². The van der Waals surface area contributed by atoms with Gasteiger partial charge in [-0.15, -0.1) is 0 Å². The van der Waals surface area contributed by atoms with Crippen molar-refractivity contribution in [2.24, 2.45) is 0 Å². The third kappa shape index (κ3) is 5.37. The van der Waals surface area contributed by atoms with Gasteiger partial charge in [0.25, 0.3) is 0 Å². The first-order valence-electron chi connectivity index (χ1n) is 15.6. The molecule has 217 valence electrons.